The summed E-state index contributed by atoms with van der Waals surface area (Å²) < 4.78 is 0. The number of aliphatic hydroxyl groups excluding tert-OH is 1. The van der Waals surface area contributed by atoms with Crippen molar-refractivity contribution in [3.63, 3.8) is 0 Å². The first-order valence-electron chi connectivity index (χ1n) is 10.1. The molecule has 0 heterocycles. The van der Waals surface area contributed by atoms with Crippen molar-refractivity contribution < 1.29 is 24.9 Å². The van der Waals surface area contributed by atoms with Crippen LogP contribution in [0.2, 0.25) is 0 Å². The van der Waals surface area contributed by atoms with Gasteiger partial charge in [-0.2, -0.15) is 0 Å². The number of hydrogen-bond donors (Lipinski definition) is 3. The summed E-state index contributed by atoms with van der Waals surface area (Å²) in [6, 6.07) is 0. The maximum Gasteiger partial charge on any atom is 0.303 e. The van der Waals surface area contributed by atoms with Gasteiger partial charge in [0.25, 0.3) is 0 Å². The molecule has 0 amide bonds. The predicted octanol–water partition coefficient (Wildman–Crippen LogP) is 3.87. The highest BCUT2D eigenvalue weighted by Gasteiger charge is 2.39. The van der Waals surface area contributed by atoms with E-state index < -0.39 is 23.6 Å². The summed E-state index contributed by atoms with van der Waals surface area (Å²) in [4.78, 5) is 23.0. The fraction of sp³-hybridized carbons (Fsp3) is 0.810. The van der Waals surface area contributed by atoms with Crippen LogP contribution in [0.3, 0.4) is 0 Å². The lowest BCUT2D eigenvalue weighted by atomic mass is 9.93. The summed E-state index contributed by atoms with van der Waals surface area (Å²) in [7, 11) is 0. The molecule has 26 heavy (non-hydrogen) atoms. The van der Waals surface area contributed by atoms with Crippen LogP contribution in [-0.2, 0) is 9.59 Å². The molecule has 4 atom stereocenters. The Hall–Kier alpha value is -1.20. The van der Waals surface area contributed by atoms with Crippen molar-refractivity contribution in [1.29, 1.82) is 0 Å². The van der Waals surface area contributed by atoms with Crippen molar-refractivity contribution in [3.8, 4) is 0 Å². The third-order valence-electron chi connectivity index (χ3n) is 5.33. The quantitative estimate of drug-likeness (QED) is 0.339. The largest absolute Gasteiger partial charge is 0.481 e. The Morgan fingerprint density at radius 1 is 1.23 bits per heavy atom. The SMILES string of the molecule is CCCCC(C)(O)CC=C[C@H]1C(=O)[C@H](CCCCCCC(=O)O)C[C@H]1O. The van der Waals surface area contributed by atoms with Gasteiger partial charge in [0.15, 0.2) is 0 Å². The van der Waals surface area contributed by atoms with Gasteiger partial charge in [0.2, 0.25) is 0 Å². The lowest BCUT2D eigenvalue weighted by molar-refractivity contribution is -0.137. The number of Topliss-reactive ketones (excluding diaryl/α,β-unsaturated/α-hetero) is 1. The highest BCUT2D eigenvalue weighted by molar-refractivity contribution is 5.87. The van der Waals surface area contributed by atoms with Crippen molar-refractivity contribution in [1.82, 2.24) is 0 Å². The first-order chi connectivity index (χ1) is 12.3. The van der Waals surface area contributed by atoms with Crippen molar-refractivity contribution in [3.05, 3.63) is 12.2 Å². The molecule has 1 aliphatic carbocycles. The van der Waals surface area contributed by atoms with E-state index in [1.54, 1.807) is 6.08 Å². The van der Waals surface area contributed by atoms with Gasteiger partial charge in [0, 0.05) is 12.3 Å². The molecule has 1 aliphatic rings. The first-order valence-corrected chi connectivity index (χ1v) is 10.1. The van der Waals surface area contributed by atoms with E-state index in [2.05, 4.69) is 6.92 Å². The molecule has 5 nitrogen and oxygen atoms in total. The van der Waals surface area contributed by atoms with Crippen LogP contribution >= 0.6 is 0 Å². The Labute approximate surface area is 157 Å². The van der Waals surface area contributed by atoms with Crippen LogP contribution in [0.1, 0.15) is 84.5 Å². The number of aliphatic carboxylic acids is 1. The van der Waals surface area contributed by atoms with Gasteiger partial charge in [-0.05, 0) is 39.0 Å². The summed E-state index contributed by atoms with van der Waals surface area (Å²) in [6.07, 6.45) is 11.1. The Kier molecular flexibility index (Phi) is 10.1. The molecule has 0 bridgehead atoms. The molecule has 0 aliphatic heterocycles. The average Bonchev–Trinajstić information content (AvgIpc) is 2.83. The molecule has 0 aromatic rings. The Morgan fingerprint density at radius 3 is 2.58 bits per heavy atom. The summed E-state index contributed by atoms with van der Waals surface area (Å²) >= 11 is 0. The van der Waals surface area contributed by atoms with Crippen LogP contribution in [0.15, 0.2) is 12.2 Å². The van der Waals surface area contributed by atoms with Crippen molar-refractivity contribution >= 4 is 11.8 Å². The second-order valence-electron chi connectivity index (χ2n) is 8.01. The van der Waals surface area contributed by atoms with E-state index in [0.717, 1.165) is 44.9 Å². The monoisotopic (exact) mass is 368 g/mol. The van der Waals surface area contributed by atoms with E-state index in [9.17, 15) is 19.8 Å². The summed E-state index contributed by atoms with van der Waals surface area (Å²) in [5.41, 5.74) is -0.755. The van der Waals surface area contributed by atoms with E-state index in [1.807, 2.05) is 13.0 Å². The first kappa shape index (κ1) is 22.8. The lowest BCUT2D eigenvalue weighted by Crippen LogP contribution is -2.23. The maximum absolute atomic E-state index is 12.5. The number of carbonyl (C=O) groups excluding carboxylic acids is 1. The van der Waals surface area contributed by atoms with E-state index in [0.29, 0.717) is 19.3 Å². The van der Waals surface area contributed by atoms with Gasteiger partial charge in [-0.1, -0.05) is 51.2 Å². The van der Waals surface area contributed by atoms with Gasteiger partial charge in [0.05, 0.1) is 17.6 Å². The van der Waals surface area contributed by atoms with E-state index in [4.69, 9.17) is 5.11 Å². The van der Waals surface area contributed by atoms with Crippen molar-refractivity contribution in [2.24, 2.45) is 11.8 Å². The molecule has 1 saturated carbocycles. The number of ketones is 1. The molecule has 0 aromatic carbocycles. The molecule has 150 valence electrons. The van der Waals surface area contributed by atoms with Crippen LogP contribution in [0.4, 0.5) is 0 Å². The lowest BCUT2D eigenvalue weighted by Gasteiger charge is -2.21. The molecule has 1 rings (SSSR count). The van der Waals surface area contributed by atoms with Gasteiger partial charge in [-0.15, -0.1) is 0 Å². The van der Waals surface area contributed by atoms with Gasteiger partial charge >= 0.3 is 5.97 Å². The van der Waals surface area contributed by atoms with Crippen LogP contribution in [0.25, 0.3) is 0 Å². The fourth-order valence-corrected chi connectivity index (χ4v) is 3.65. The van der Waals surface area contributed by atoms with Crippen molar-refractivity contribution in [2.75, 3.05) is 0 Å². The minimum Gasteiger partial charge on any atom is -0.481 e. The molecule has 0 radical (unpaired) electrons. The number of rotatable bonds is 13. The highest BCUT2D eigenvalue weighted by Crippen LogP contribution is 2.33. The Bertz CT molecular complexity index is 469. The zero-order chi connectivity index (χ0) is 19.6. The summed E-state index contributed by atoms with van der Waals surface area (Å²) in [5.74, 6) is -1.21. The highest BCUT2D eigenvalue weighted by atomic mass is 16.4. The molecular weight excluding hydrogens is 332 g/mol. The summed E-state index contributed by atoms with van der Waals surface area (Å²) in [6.45, 7) is 3.90. The minimum atomic E-state index is -0.762. The van der Waals surface area contributed by atoms with E-state index in [-0.39, 0.29) is 18.1 Å². The number of carboxylic acid groups (broad SMARTS) is 1. The zero-order valence-corrected chi connectivity index (χ0v) is 16.3. The van der Waals surface area contributed by atoms with Crippen LogP contribution in [0, 0.1) is 11.8 Å². The number of carboxylic acids is 1. The van der Waals surface area contributed by atoms with Gasteiger partial charge in [-0.25, -0.2) is 0 Å². The molecule has 3 N–H and O–H groups in total. The van der Waals surface area contributed by atoms with Crippen LogP contribution in [-0.4, -0.2) is 38.8 Å². The topological polar surface area (TPSA) is 94.8 Å². The number of aliphatic hydroxyl groups is 2. The molecule has 5 heteroatoms. The molecule has 0 saturated heterocycles. The van der Waals surface area contributed by atoms with Gasteiger partial charge < -0.3 is 15.3 Å². The normalized spacial score (nSPS) is 25.7. The maximum atomic E-state index is 12.5. The van der Waals surface area contributed by atoms with E-state index >= 15 is 0 Å². The van der Waals surface area contributed by atoms with Gasteiger partial charge in [0.1, 0.15) is 5.78 Å². The Morgan fingerprint density at radius 2 is 1.92 bits per heavy atom. The number of hydrogen-bond acceptors (Lipinski definition) is 4. The Balaban J connectivity index is 2.35. The third-order valence-corrected chi connectivity index (χ3v) is 5.33. The average molecular weight is 369 g/mol. The molecule has 1 fully saturated rings. The van der Waals surface area contributed by atoms with Crippen molar-refractivity contribution in [2.45, 2.75) is 96.2 Å². The third kappa shape index (κ3) is 8.45. The zero-order valence-electron chi connectivity index (χ0n) is 16.3. The summed E-state index contributed by atoms with van der Waals surface area (Å²) in [5, 5.41) is 29.1. The van der Waals surface area contributed by atoms with Crippen LogP contribution < -0.4 is 0 Å². The molecule has 1 unspecified atom stereocenters. The molecule has 0 spiro atoms. The second kappa shape index (κ2) is 11.5. The fourth-order valence-electron chi connectivity index (χ4n) is 3.65. The molecular formula is C21H36O5. The number of unbranched alkanes of at least 4 members (excludes halogenated alkanes) is 4. The smallest absolute Gasteiger partial charge is 0.303 e. The second-order valence-corrected chi connectivity index (χ2v) is 8.01. The number of carbonyl (C=O) groups is 2. The minimum absolute atomic E-state index is 0.0975. The van der Waals surface area contributed by atoms with Crippen LogP contribution in [0.5, 0.6) is 0 Å². The molecule has 0 aromatic heterocycles. The van der Waals surface area contributed by atoms with Gasteiger partial charge in [-0.3, -0.25) is 9.59 Å². The standard InChI is InChI=1S/C21H36O5/c1-3-4-13-21(2,26)14-9-11-17-18(22)15-16(20(17)25)10-7-5-6-8-12-19(23)24/h9,11,16-18,22,26H,3-8,10,12-15H2,1-2H3,(H,23,24)/t16-,17-,18-,21?/m1/s1. The van der Waals surface area contributed by atoms with E-state index in [1.165, 1.54) is 0 Å². The predicted molar refractivity (Wildman–Crippen MR) is 102 cm³/mol.